The molecule has 18 heavy (non-hydrogen) atoms. The van der Waals surface area contributed by atoms with E-state index in [4.69, 9.17) is 5.73 Å². The zero-order valence-corrected chi connectivity index (χ0v) is 12.3. The number of piperazine rings is 1. The molecule has 0 aromatic carbocycles. The summed E-state index contributed by atoms with van der Waals surface area (Å²) in [4.78, 5) is 5.12. The van der Waals surface area contributed by atoms with Crippen molar-refractivity contribution < 1.29 is 0 Å². The average molecular weight is 253 g/mol. The fourth-order valence-corrected chi connectivity index (χ4v) is 3.58. The molecule has 0 amide bonds. The minimum atomic E-state index is 0.477. The van der Waals surface area contributed by atoms with Crippen LogP contribution in [-0.4, -0.2) is 55.6 Å². The van der Waals surface area contributed by atoms with Crippen molar-refractivity contribution in [3.63, 3.8) is 0 Å². The lowest BCUT2D eigenvalue weighted by atomic mass is 9.72. The highest BCUT2D eigenvalue weighted by atomic mass is 15.3. The second kappa shape index (κ2) is 6.36. The van der Waals surface area contributed by atoms with E-state index in [0.717, 1.165) is 6.54 Å². The first-order valence-corrected chi connectivity index (χ1v) is 7.78. The Balaban J connectivity index is 1.79. The van der Waals surface area contributed by atoms with Gasteiger partial charge in [0, 0.05) is 25.7 Å². The molecule has 2 N–H and O–H groups in total. The predicted molar refractivity (Wildman–Crippen MR) is 77.7 cm³/mol. The number of hydrogen-bond donors (Lipinski definition) is 1. The Kier molecular flexibility index (Phi) is 5.05. The molecule has 2 fully saturated rings. The Labute approximate surface area is 113 Å². The van der Waals surface area contributed by atoms with Gasteiger partial charge >= 0.3 is 0 Å². The highest BCUT2D eigenvalue weighted by Gasteiger charge is 2.31. The quantitative estimate of drug-likeness (QED) is 0.831. The summed E-state index contributed by atoms with van der Waals surface area (Å²) < 4.78 is 0. The Morgan fingerprint density at radius 1 is 1.17 bits per heavy atom. The number of nitrogens with two attached hydrogens (primary N) is 1. The molecule has 0 aromatic rings. The normalized spacial score (nSPS) is 30.5. The Hall–Kier alpha value is -0.120. The first kappa shape index (κ1) is 14.3. The van der Waals surface area contributed by atoms with Gasteiger partial charge in [-0.2, -0.15) is 0 Å². The number of hydrogen-bond acceptors (Lipinski definition) is 3. The molecule has 1 heterocycles. The van der Waals surface area contributed by atoms with E-state index in [9.17, 15) is 0 Å². The summed E-state index contributed by atoms with van der Waals surface area (Å²) in [6, 6.07) is 0.707. The molecule has 1 unspecified atom stereocenters. The smallest absolute Gasteiger partial charge is 0.0192 e. The molecule has 1 saturated heterocycles. The van der Waals surface area contributed by atoms with Gasteiger partial charge in [0.1, 0.15) is 0 Å². The fraction of sp³-hybridized carbons (Fsp3) is 1.00. The van der Waals surface area contributed by atoms with Gasteiger partial charge in [0.05, 0.1) is 0 Å². The van der Waals surface area contributed by atoms with Crippen molar-refractivity contribution in [2.24, 2.45) is 11.1 Å². The predicted octanol–water partition coefficient (Wildman–Crippen LogP) is 1.92. The molecule has 3 nitrogen and oxygen atoms in total. The standard InChI is InChI=1S/C15H31N3/c1-14-12-18(11-10-17(14)2)9-8-15(13-16)6-4-3-5-7-15/h14H,3-13,16H2,1-2H3. The Bertz CT molecular complexity index is 248. The van der Waals surface area contributed by atoms with E-state index in [1.165, 1.54) is 64.7 Å². The van der Waals surface area contributed by atoms with Gasteiger partial charge in [-0.05, 0) is 51.7 Å². The molecule has 2 rings (SSSR count). The first-order valence-electron chi connectivity index (χ1n) is 7.78. The maximum absolute atomic E-state index is 6.08. The molecule has 3 heteroatoms. The second-order valence-electron chi connectivity index (χ2n) is 6.65. The second-order valence-corrected chi connectivity index (χ2v) is 6.65. The third-order valence-corrected chi connectivity index (χ3v) is 5.35. The number of likely N-dealkylation sites (N-methyl/N-ethyl adjacent to an activating group) is 1. The maximum atomic E-state index is 6.08. The van der Waals surface area contributed by atoms with Crippen LogP contribution in [0.2, 0.25) is 0 Å². The lowest BCUT2D eigenvalue weighted by molar-refractivity contribution is 0.0817. The van der Waals surface area contributed by atoms with Gasteiger partial charge in [-0.1, -0.05) is 19.3 Å². The van der Waals surface area contributed by atoms with Gasteiger partial charge in [0.2, 0.25) is 0 Å². The van der Waals surface area contributed by atoms with E-state index in [1.807, 2.05) is 0 Å². The van der Waals surface area contributed by atoms with Gasteiger partial charge in [-0.25, -0.2) is 0 Å². The third kappa shape index (κ3) is 3.46. The van der Waals surface area contributed by atoms with Crippen LogP contribution in [0.25, 0.3) is 0 Å². The van der Waals surface area contributed by atoms with Crippen molar-refractivity contribution in [3.05, 3.63) is 0 Å². The Morgan fingerprint density at radius 3 is 2.50 bits per heavy atom. The molecule has 1 aliphatic heterocycles. The molecule has 0 radical (unpaired) electrons. The van der Waals surface area contributed by atoms with Crippen LogP contribution < -0.4 is 5.73 Å². The van der Waals surface area contributed by atoms with Crippen molar-refractivity contribution >= 4 is 0 Å². The Morgan fingerprint density at radius 2 is 1.89 bits per heavy atom. The van der Waals surface area contributed by atoms with Crippen LogP contribution in [-0.2, 0) is 0 Å². The summed E-state index contributed by atoms with van der Waals surface area (Å²) in [5.41, 5.74) is 6.55. The zero-order chi connectivity index (χ0) is 13.0. The van der Waals surface area contributed by atoms with E-state index in [0.29, 0.717) is 11.5 Å². The fourth-order valence-electron chi connectivity index (χ4n) is 3.58. The third-order valence-electron chi connectivity index (χ3n) is 5.35. The van der Waals surface area contributed by atoms with Crippen molar-refractivity contribution in [2.75, 3.05) is 39.8 Å². The highest BCUT2D eigenvalue weighted by molar-refractivity contribution is 4.86. The lowest BCUT2D eigenvalue weighted by Crippen LogP contribution is -2.51. The van der Waals surface area contributed by atoms with E-state index >= 15 is 0 Å². The highest BCUT2D eigenvalue weighted by Crippen LogP contribution is 2.38. The molecule has 1 atom stereocenters. The number of rotatable bonds is 4. The molecular weight excluding hydrogens is 222 g/mol. The first-order chi connectivity index (χ1) is 8.65. The minimum Gasteiger partial charge on any atom is -0.330 e. The summed E-state index contributed by atoms with van der Waals surface area (Å²) in [5, 5.41) is 0. The summed E-state index contributed by atoms with van der Waals surface area (Å²) in [6.07, 6.45) is 8.28. The van der Waals surface area contributed by atoms with Crippen LogP contribution in [0.5, 0.6) is 0 Å². The molecule has 1 aliphatic carbocycles. The van der Waals surface area contributed by atoms with E-state index in [-0.39, 0.29) is 0 Å². The maximum Gasteiger partial charge on any atom is 0.0192 e. The van der Waals surface area contributed by atoms with Crippen molar-refractivity contribution in [1.82, 2.24) is 9.80 Å². The zero-order valence-electron chi connectivity index (χ0n) is 12.3. The summed E-state index contributed by atoms with van der Waals surface area (Å²) in [5.74, 6) is 0. The summed E-state index contributed by atoms with van der Waals surface area (Å²) in [6.45, 7) is 8.19. The van der Waals surface area contributed by atoms with E-state index < -0.39 is 0 Å². The van der Waals surface area contributed by atoms with Crippen LogP contribution in [0.4, 0.5) is 0 Å². The van der Waals surface area contributed by atoms with Gasteiger partial charge in [-0.15, -0.1) is 0 Å². The molecule has 2 aliphatic rings. The van der Waals surface area contributed by atoms with Crippen LogP contribution >= 0.6 is 0 Å². The molecule has 0 bridgehead atoms. The lowest BCUT2D eigenvalue weighted by Gasteiger charge is -2.41. The van der Waals surface area contributed by atoms with Crippen LogP contribution in [0.3, 0.4) is 0 Å². The van der Waals surface area contributed by atoms with Gasteiger partial charge in [0.25, 0.3) is 0 Å². The average Bonchev–Trinajstić information content (AvgIpc) is 2.41. The summed E-state index contributed by atoms with van der Waals surface area (Å²) >= 11 is 0. The molecule has 0 aromatic heterocycles. The topological polar surface area (TPSA) is 32.5 Å². The molecular formula is C15H31N3. The van der Waals surface area contributed by atoms with Gasteiger partial charge in [-0.3, -0.25) is 0 Å². The van der Waals surface area contributed by atoms with Gasteiger partial charge < -0.3 is 15.5 Å². The largest absolute Gasteiger partial charge is 0.330 e. The monoisotopic (exact) mass is 253 g/mol. The minimum absolute atomic E-state index is 0.477. The van der Waals surface area contributed by atoms with Crippen LogP contribution in [0.1, 0.15) is 45.4 Å². The van der Waals surface area contributed by atoms with Crippen molar-refractivity contribution in [2.45, 2.75) is 51.5 Å². The van der Waals surface area contributed by atoms with Crippen LogP contribution in [0.15, 0.2) is 0 Å². The van der Waals surface area contributed by atoms with Crippen LogP contribution in [0, 0.1) is 5.41 Å². The van der Waals surface area contributed by atoms with Crippen molar-refractivity contribution in [3.8, 4) is 0 Å². The summed E-state index contributed by atoms with van der Waals surface area (Å²) in [7, 11) is 2.24. The van der Waals surface area contributed by atoms with E-state index in [1.54, 1.807) is 0 Å². The SMILES string of the molecule is CC1CN(CCC2(CN)CCCCC2)CCN1C. The van der Waals surface area contributed by atoms with E-state index in [2.05, 4.69) is 23.8 Å². The van der Waals surface area contributed by atoms with Gasteiger partial charge in [0.15, 0.2) is 0 Å². The molecule has 1 saturated carbocycles. The molecule has 106 valence electrons. The molecule has 0 spiro atoms. The van der Waals surface area contributed by atoms with Crippen molar-refractivity contribution in [1.29, 1.82) is 0 Å². The number of nitrogens with zero attached hydrogens (tertiary/aromatic N) is 2.